The van der Waals surface area contributed by atoms with Crippen molar-refractivity contribution in [3.8, 4) is 11.5 Å². The average Bonchev–Trinajstić information content (AvgIpc) is 2.52. The zero-order chi connectivity index (χ0) is 16.9. The molecule has 5 nitrogen and oxygen atoms in total. The van der Waals surface area contributed by atoms with E-state index in [4.69, 9.17) is 16.3 Å². The van der Waals surface area contributed by atoms with Crippen molar-refractivity contribution in [2.75, 3.05) is 13.7 Å². The van der Waals surface area contributed by atoms with Crippen molar-refractivity contribution < 1.29 is 18.3 Å². The highest BCUT2D eigenvalue weighted by Gasteiger charge is 2.19. The summed E-state index contributed by atoms with van der Waals surface area (Å²) < 4.78 is 32.3. The molecule has 2 aromatic carbocycles. The molecule has 0 saturated heterocycles. The van der Waals surface area contributed by atoms with E-state index in [1.165, 1.54) is 19.2 Å². The lowest BCUT2D eigenvalue weighted by atomic mass is 10.1. The molecule has 0 aliphatic heterocycles. The largest absolute Gasteiger partial charge is 0.508 e. The number of phenols is 1. The number of phenolic OH excluding ortho intramolecular Hbond substituents is 1. The van der Waals surface area contributed by atoms with Crippen LogP contribution in [0, 0.1) is 0 Å². The van der Waals surface area contributed by atoms with Gasteiger partial charge in [0.25, 0.3) is 0 Å². The average molecular weight is 356 g/mol. The molecule has 2 rings (SSSR count). The van der Waals surface area contributed by atoms with Gasteiger partial charge in [0.1, 0.15) is 16.4 Å². The SMILES string of the molecule is COc1ccc(Cl)cc1S(=O)(=O)NCCCc1cccc(O)c1. The molecule has 23 heavy (non-hydrogen) atoms. The van der Waals surface area contributed by atoms with Crippen molar-refractivity contribution in [1.29, 1.82) is 0 Å². The highest BCUT2D eigenvalue weighted by molar-refractivity contribution is 7.89. The summed E-state index contributed by atoms with van der Waals surface area (Å²) in [4.78, 5) is 0.0184. The molecule has 0 saturated carbocycles. The molecule has 0 aliphatic carbocycles. The Morgan fingerprint density at radius 3 is 2.70 bits per heavy atom. The minimum atomic E-state index is -3.70. The standard InChI is InChI=1S/C16H18ClNO4S/c1-22-15-8-7-13(17)11-16(15)23(20,21)18-9-3-5-12-4-2-6-14(19)10-12/h2,4,6-8,10-11,18-19H,3,5,9H2,1H3. The molecule has 0 heterocycles. The number of halogens is 1. The summed E-state index contributed by atoms with van der Waals surface area (Å²) in [5.74, 6) is 0.446. The first-order valence-electron chi connectivity index (χ1n) is 7.03. The highest BCUT2D eigenvalue weighted by Crippen LogP contribution is 2.26. The molecule has 0 unspecified atom stereocenters. The monoisotopic (exact) mass is 355 g/mol. The topological polar surface area (TPSA) is 75.6 Å². The van der Waals surface area contributed by atoms with E-state index in [-0.39, 0.29) is 22.9 Å². The molecule has 0 aliphatic rings. The van der Waals surface area contributed by atoms with Crippen LogP contribution in [0.5, 0.6) is 11.5 Å². The Morgan fingerprint density at radius 1 is 1.22 bits per heavy atom. The number of methoxy groups -OCH3 is 1. The highest BCUT2D eigenvalue weighted by atomic mass is 35.5. The quantitative estimate of drug-likeness (QED) is 0.749. The van der Waals surface area contributed by atoms with Gasteiger partial charge in [0.05, 0.1) is 7.11 Å². The summed E-state index contributed by atoms with van der Waals surface area (Å²) in [6.07, 6.45) is 1.26. The van der Waals surface area contributed by atoms with Gasteiger partial charge in [-0.05, 0) is 48.7 Å². The Morgan fingerprint density at radius 2 is 2.00 bits per heavy atom. The number of ether oxygens (including phenoxy) is 1. The summed E-state index contributed by atoms with van der Waals surface area (Å²) in [7, 11) is -2.29. The van der Waals surface area contributed by atoms with E-state index in [1.54, 1.807) is 24.3 Å². The second-order valence-corrected chi connectivity index (χ2v) is 7.14. The summed E-state index contributed by atoms with van der Waals surface area (Å²) in [6, 6.07) is 11.3. The van der Waals surface area contributed by atoms with Gasteiger partial charge in [-0.25, -0.2) is 13.1 Å². The third-order valence-corrected chi connectivity index (χ3v) is 4.98. The molecule has 0 spiro atoms. The number of hydrogen-bond donors (Lipinski definition) is 2. The van der Waals surface area contributed by atoms with E-state index in [0.29, 0.717) is 17.9 Å². The van der Waals surface area contributed by atoms with E-state index >= 15 is 0 Å². The number of sulfonamides is 1. The maximum atomic E-state index is 12.3. The number of nitrogens with one attached hydrogen (secondary N) is 1. The van der Waals surface area contributed by atoms with Crippen molar-refractivity contribution in [2.45, 2.75) is 17.7 Å². The first-order chi connectivity index (χ1) is 10.9. The third kappa shape index (κ3) is 4.86. The summed E-state index contributed by atoms with van der Waals surface area (Å²) in [6.45, 7) is 0.271. The Hall–Kier alpha value is -1.76. The van der Waals surface area contributed by atoms with Crippen LogP contribution in [0.1, 0.15) is 12.0 Å². The number of hydrogen-bond acceptors (Lipinski definition) is 4. The normalized spacial score (nSPS) is 11.4. The minimum absolute atomic E-state index is 0.0184. The number of aryl methyl sites for hydroxylation is 1. The van der Waals surface area contributed by atoms with Crippen molar-refractivity contribution in [3.63, 3.8) is 0 Å². The number of aromatic hydroxyl groups is 1. The van der Waals surface area contributed by atoms with Gasteiger partial charge < -0.3 is 9.84 Å². The van der Waals surface area contributed by atoms with Crippen molar-refractivity contribution in [3.05, 3.63) is 53.1 Å². The fourth-order valence-electron chi connectivity index (χ4n) is 2.15. The van der Waals surface area contributed by atoms with Gasteiger partial charge in [0.15, 0.2) is 0 Å². The lowest BCUT2D eigenvalue weighted by molar-refractivity contribution is 0.402. The predicted molar refractivity (Wildman–Crippen MR) is 89.6 cm³/mol. The van der Waals surface area contributed by atoms with Crippen LogP contribution in [-0.4, -0.2) is 27.2 Å². The maximum absolute atomic E-state index is 12.3. The molecule has 0 fully saturated rings. The molecular formula is C16H18ClNO4S. The van der Waals surface area contributed by atoms with E-state index in [0.717, 1.165) is 5.56 Å². The predicted octanol–water partition coefficient (Wildman–Crippen LogP) is 2.97. The van der Waals surface area contributed by atoms with Gasteiger partial charge in [-0.3, -0.25) is 0 Å². The van der Waals surface area contributed by atoms with Gasteiger partial charge in [0.2, 0.25) is 10.0 Å². The van der Waals surface area contributed by atoms with Crippen LogP contribution in [0.25, 0.3) is 0 Å². The van der Waals surface area contributed by atoms with Crippen molar-refractivity contribution in [1.82, 2.24) is 4.72 Å². The second kappa shape index (κ2) is 7.68. The van der Waals surface area contributed by atoms with Gasteiger partial charge in [-0.15, -0.1) is 0 Å². The second-order valence-electron chi connectivity index (χ2n) is 4.97. The van der Waals surface area contributed by atoms with Crippen LogP contribution in [0.4, 0.5) is 0 Å². The lowest BCUT2D eigenvalue weighted by Gasteiger charge is -2.11. The molecule has 2 N–H and O–H groups in total. The van der Waals surface area contributed by atoms with E-state index in [9.17, 15) is 13.5 Å². The zero-order valence-electron chi connectivity index (χ0n) is 12.6. The molecule has 0 atom stereocenters. The first-order valence-corrected chi connectivity index (χ1v) is 8.89. The van der Waals surface area contributed by atoms with E-state index in [1.807, 2.05) is 6.07 Å². The molecule has 0 radical (unpaired) electrons. The van der Waals surface area contributed by atoms with Crippen LogP contribution >= 0.6 is 11.6 Å². The third-order valence-electron chi connectivity index (χ3n) is 3.26. The Labute approximate surface area is 140 Å². The molecule has 0 amide bonds. The molecule has 0 bridgehead atoms. The van der Waals surface area contributed by atoms with Gasteiger partial charge >= 0.3 is 0 Å². The molecular weight excluding hydrogens is 338 g/mol. The Balaban J connectivity index is 1.98. The number of benzene rings is 2. The van der Waals surface area contributed by atoms with Crippen LogP contribution in [0.3, 0.4) is 0 Å². The maximum Gasteiger partial charge on any atom is 0.244 e. The fraction of sp³-hybridized carbons (Fsp3) is 0.250. The summed E-state index contributed by atoms with van der Waals surface area (Å²) >= 11 is 5.86. The molecule has 7 heteroatoms. The first kappa shape index (κ1) is 17.6. The van der Waals surface area contributed by atoms with Gasteiger partial charge in [0, 0.05) is 11.6 Å². The Kier molecular flexibility index (Phi) is 5.87. The fourth-order valence-corrected chi connectivity index (χ4v) is 3.65. The van der Waals surface area contributed by atoms with Crippen LogP contribution < -0.4 is 9.46 Å². The van der Waals surface area contributed by atoms with Crippen LogP contribution in [0.2, 0.25) is 5.02 Å². The van der Waals surface area contributed by atoms with E-state index < -0.39 is 10.0 Å². The lowest BCUT2D eigenvalue weighted by Crippen LogP contribution is -2.25. The smallest absolute Gasteiger partial charge is 0.244 e. The van der Waals surface area contributed by atoms with E-state index in [2.05, 4.69) is 4.72 Å². The minimum Gasteiger partial charge on any atom is -0.508 e. The molecule has 2 aromatic rings. The molecule has 0 aromatic heterocycles. The van der Waals surface area contributed by atoms with Crippen LogP contribution in [0.15, 0.2) is 47.4 Å². The van der Waals surface area contributed by atoms with Gasteiger partial charge in [-0.1, -0.05) is 23.7 Å². The molecule has 124 valence electrons. The van der Waals surface area contributed by atoms with Crippen molar-refractivity contribution >= 4 is 21.6 Å². The Bertz CT molecular complexity index is 777. The van der Waals surface area contributed by atoms with Gasteiger partial charge in [-0.2, -0.15) is 0 Å². The summed E-state index contributed by atoms with van der Waals surface area (Å²) in [5, 5.41) is 9.72. The van der Waals surface area contributed by atoms with Crippen molar-refractivity contribution in [2.24, 2.45) is 0 Å². The van der Waals surface area contributed by atoms with Crippen LogP contribution in [-0.2, 0) is 16.4 Å². The number of rotatable bonds is 7. The summed E-state index contributed by atoms with van der Waals surface area (Å²) in [5.41, 5.74) is 0.949. The zero-order valence-corrected chi connectivity index (χ0v) is 14.2.